The second-order valence-electron chi connectivity index (χ2n) is 13.4. The summed E-state index contributed by atoms with van der Waals surface area (Å²) in [6, 6.07) is 31.8. The molecule has 4 aliphatic rings. The molecule has 266 valence electrons. The Morgan fingerprint density at radius 3 is 2.15 bits per heavy atom. The highest BCUT2D eigenvalue weighted by Gasteiger charge is 2.45. The van der Waals surface area contributed by atoms with Gasteiger partial charge in [0.2, 0.25) is 0 Å². The number of amidine groups is 1. The fourth-order valence-corrected chi connectivity index (χ4v) is 7.92. The van der Waals surface area contributed by atoms with Crippen LogP contribution in [0.4, 0.5) is 0 Å². The summed E-state index contributed by atoms with van der Waals surface area (Å²) in [5, 5.41) is 3.43. The first-order chi connectivity index (χ1) is 25.6. The van der Waals surface area contributed by atoms with Crippen LogP contribution >= 0.6 is 0 Å². The Hall–Kier alpha value is -5.35. The molecule has 4 aromatic rings. The maximum atomic E-state index is 5.43. The van der Waals surface area contributed by atoms with Crippen LogP contribution in [0.5, 0.6) is 0 Å². The Kier molecular flexibility index (Phi) is 11.8. The number of hydrogen-bond donors (Lipinski definition) is 2. The Bertz CT molecular complexity index is 2000. The number of aliphatic imine (C=N–C) groups is 1. The fraction of sp³-hybridized carbons (Fsp3) is 0.271. The molecule has 0 bridgehead atoms. The molecule has 52 heavy (non-hydrogen) atoms. The van der Waals surface area contributed by atoms with Gasteiger partial charge in [-0.25, -0.2) is 4.99 Å². The second-order valence-corrected chi connectivity index (χ2v) is 13.4. The van der Waals surface area contributed by atoms with Crippen LogP contribution in [0.2, 0.25) is 0 Å². The third-order valence-corrected chi connectivity index (χ3v) is 10.5. The van der Waals surface area contributed by atoms with E-state index in [1.54, 1.807) is 6.20 Å². The zero-order chi connectivity index (χ0) is 36.5. The maximum Gasteiger partial charge on any atom is 0.147 e. The molecule has 1 unspecified atom stereocenters. The van der Waals surface area contributed by atoms with E-state index in [9.17, 15) is 0 Å². The summed E-state index contributed by atoms with van der Waals surface area (Å²) < 4.78 is 0. The summed E-state index contributed by atoms with van der Waals surface area (Å²) in [6.45, 7) is 13.1. The summed E-state index contributed by atoms with van der Waals surface area (Å²) in [6.07, 6.45) is 23.6. The van der Waals surface area contributed by atoms with E-state index in [0.717, 1.165) is 42.0 Å². The Balaban J connectivity index is 0.00000112. The minimum atomic E-state index is 0.101. The molecule has 4 nitrogen and oxygen atoms in total. The van der Waals surface area contributed by atoms with E-state index in [-0.39, 0.29) is 11.6 Å². The number of unbranched alkanes of at least 4 members (excludes halogenated alkanes) is 1. The molecule has 2 heterocycles. The van der Waals surface area contributed by atoms with Gasteiger partial charge in [-0.2, -0.15) is 0 Å². The van der Waals surface area contributed by atoms with Crippen LogP contribution in [0.1, 0.15) is 99.6 Å². The number of allylic oxidation sites excluding steroid dienone is 3. The molecule has 2 aliphatic heterocycles. The van der Waals surface area contributed by atoms with E-state index in [1.165, 1.54) is 70.2 Å². The molecule has 0 amide bonds. The average Bonchev–Trinajstić information content (AvgIpc) is 3.80. The van der Waals surface area contributed by atoms with Gasteiger partial charge in [-0.3, -0.25) is 0 Å². The van der Waals surface area contributed by atoms with Gasteiger partial charge < -0.3 is 16.0 Å². The summed E-state index contributed by atoms with van der Waals surface area (Å²) in [5.74, 6) is 1.05. The van der Waals surface area contributed by atoms with Crippen LogP contribution in [0, 0.1) is 0 Å². The zero-order valence-corrected chi connectivity index (χ0v) is 31.4. The molecular formula is C48H54N4. The predicted molar refractivity (Wildman–Crippen MR) is 225 cm³/mol. The van der Waals surface area contributed by atoms with Crippen molar-refractivity contribution in [2.45, 2.75) is 77.8 Å². The second kappa shape index (κ2) is 16.8. The van der Waals surface area contributed by atoms with Crippen molar-refractivity contribution in [1.82, 2.24) is 10.2 Å². The first kappa shape index (κ1) is 36.4. The molecule has 1 atom stereocenters. The molecule has 0 aromatic heterocycles. The monoisotopic (exact) mass is 686 g/mol. The van der Waals surface area contributed by atoms with E-state index in [1.807, 2.05) is 33.8 Å². The Morgan fingerprint density at radius 2 is 1.44 bits per heavy atom. The van der Waals surface area contributed by atoms with Crippen molar-refractivity contribution in [1.29, 1.82) is 0 Å². The molecule has 1 saturated carbocycles. The van der Waals surface area contributed by atoms with Gasteiger partial charge in [0.15, 0.2) is 0 Å². The third kappa shape index (κ3) is 7.21. The summed E-state index contributed by atoms with van der Waals surface area (Å²) in [4.78, 5) is 7.02. The van der Waals surface area contributed by atoms with Gasteiger partial charge >= 0.3 is 0 Å². The van der Waals surface area contributed by atoms with Crippen LogP contribution in [-0.4, -0.2) is 23.4 Å². The molecule has 8 rings (SSSR count). The first-order valence-corrected chi connectivity index (χ1v) is 19.3. The maximum absolute atomic E-state index is 5.43. The van der Waals surface area contributed by atoms with Crippen molar-refractivity contribution in [3.05, 3.63) is 162 Å². The fourth-order valence-electron chi connectivity index (χ4n) is 7.92. The number of fused-ring (bicyclic) bond motifs is 6. The van der Waals surface area contributed by atoms with Crippen LogP contribution in [-0.2, 0) is 5.41 Å². The molecule has 0 saturated heterocycles. The van der Waals surface area contributed by atoms with Gasteiger partial charge in [0, 0.05) is 29.4 Å². The van der Waals surface area contributed by atoms with Crippen molar-refractivity contribution >= 4 is 23.7 Å². The minimum Gasteiger partial charge on any atom is -0.405 e. The van der Waals surface area contributed by atoms with Gasteiger partial charge in [0.25, 0.3) is 0 Å². The average molecular weight is 687 g/mol. The van der Waals surface area contributed by atoms with Crippen molar-refractivity contribution in [3.63, 3.8) is 0 Å². The van der Waals surface area contributed by atoms with E-state index in [4.69, 9.17) is 10.7 Å². The van der Waals surface area contributed by atoms with Crippen molar-refractivity contribution in [3.8, 4) is 22.3 Å². The topological polar surface area (TPSA) is 53.6 Å². The quantitative estimate of drug-likeness (QED) is 0.129. The molecular weight excluding hydrogens is 633 g/mol. The number of nitrogens with zero attached hydrogens (tertiary/aromatic N) is 2. The SMILES string of the molecule is C=C(NCCC/C=C\N)c1ccc(/C=C/c2ccc3c(c2)C2(CCCC2)c2cc(-c4ccc(C5=NC6C=CC=CN56)cc4)ccc2-3)cc1.CC.CC. The van der Waals surface area contributed by atoms with Gasteiger partial charge in [-0.05, 0) is 100 Å². The Morgan fingerprint density at radius 1 is 0.808 bits per heavy atom. The molecule has 3 N–H and O–H groups in total. The highest BCUT2D eigenvalue weighted by atomic mass is 15.4. The number of nitrogens with two attached hydrogens (primary N) is 1. The molecule has 2 aliphatic carbocycles. The van der Waals surface area contributed by atoms with Crippen LogP contribution in [0.15, 0.2) is 133 Å². The lowest BCUT2D eigenvalue weighted by Crippen LogP contribution is -2.45. The lowest BCUT2D eigenvalue weighted by Gasteiger charge is -2.37. The standard InChI is InChI=1S/C44H42N4.2C2H6/c1-31(46-27-7-2-6-26-45)34-15-12-32(13-16-34)10-11-33-14-22-38-39-23-21-37(30-41(39)44(40(38)29-33)24-4-5-25-44)35-17-19-36(20-18-35)43-47-42-9-3-8-28-48(42)43;2*1-2/h3,6,8-23,26,28-30,42,46H,1-2,4-5,7,24-25,27,45H2;2*1-2H3/b11-10+,26-6-;;. The van der Waals surface area contributed by atoms with Gasteiger partial charge in [0.05, 0.1) is 0 Å². The number of hydrogen-bond acceptors (Lipinski definition) is 4. The van der Waals surface area contributed by atoms with E-state index < -0.39 is 0 Å². The summed E-state index contributed by atoms with van der Waals surface area (Å²) in [5.41, 5.74) is 19.6. The lowest BCUT2D eigenvalue weighted by molar-refractivity contribution is 0.415. The van der Waals surface area contributed by atoms with Crippen molar-refractivity contribution in [2.75, 3.05) is 6.54 Å². The van der Waals surface area contributed by atoms with E-state index in [2.05, 4.69) is 138 Å². The van der Waals surface area contributed by atoms with E-state index >= 15 is 0 Å². The minimum absolute atomic E-state index is 0.101. The molecule has 1 spiro atoms. The third-order valence-electron chi connectivity index (χ3n) is 10.5. The van der Waals surface area contributed by atoms with Gasteiger partial charge in [-0.1, -0.05) is 150 Å². The first-order valence-electron chi connectivity index (χ1n) is 19.3. The van der Waals surface area contributed by atoms with E-state index in [0.29, 0.717) is 0 Å². The predicted octanol–water partition coefficient (Wildman–Crippen LogP) is 11.7. The smallest absolute Gasteiger partial charge is 0.147 e. The number of rotatable bonds is 10. The van der Waals surface area contributed by atoms with Crippen molar-refractivity contribution in [2.24, 2.45) is 10.7 Å². The number of benzene rings is 4. The van der Waals surface area contributed by atoms with Crippen molar-refractivity contribution < 1.29 is 0 Å². The summed E-state index contributed by atoms with van der Waals surface area (Å²) >= 11 is 0. The van der Waals surface area contributed by atoms with Gasteiger partial charge in [-0.15, -0.1) is 0 Å². The number of nitrogens with one attached hydrogen (secondary N) is 1. The van der Waals surface area contributed by atoms with Crippen LogP contribution < -0.4 is 11.1 Å². The van der Waals surface area contributed by atoms with Crippen LogP contribution in [0.25, 0.3) is 40.1 Å². The Labute approximate surface area is 311 Å². The van der Waals surface area contributed by atoms with Crippen LogP contribution in [0.3, 0.4) is 0 Å². The molecule has 1 fully saturated rings. The normalized spacial score (nSPS) is 17.0. The molecule has 0 radical (unpaired) electrons. The zero-order valence-electron chi connectivity index (χ0n) is 31.4. The lowest BCUT2D eigenvalue weighted by atomic mass is 9.76. The summed E-state index contributed by atoms with van der Waals surface area (Å²) in [7, 11) is 0. The highest BCUT2D eigenvalue weighted by Crippen LogP contribution is 2.57. The van der Waals surface area contributed by atoms with Gasteiger partial charge in [0.1, 0.15) is 12.0 Å². The highest BCUT2D eigenvalue weighted by molar-refractivity contribution is 6.03. The largest absolute Gasteiger partial charge is 0.405 e. The molecule has 4 heteroatoms. The molecule has 4 aromatic carbocycles.